The monoisotopic (exact) mass is 360 g/mol. The van der Waals surface area contributed by atoms with Gasteiger partial charge in [-0.15, -0.1) is 0 Å². The minimum Gasteiger partial charge on any atom is -0.487 e. The van der Waals surface area contributed by atoms with E-state index in [1.165, 1.54) is 0 Å². The predicted molar refractivity (Wildman–Crippen MR) is 82.3 cm³/mol. The lowest BCUT2D eigenvalue weighted by Crippen LogP contribution is -2.02. The second kappa shape index (κ2) is 6.46. The fraction of sp³-hybridized carbons (Fsp3) is 0.154. The molecule has 1 aromatic carbocycles. The van der Waals surface area contributed by atoms with Gasteiger partial charge in [0.2, 0.25) is 0 Å². The first kappa shape index (κ1) is 14.4. The van der Waals surface area contributed by atoms with E-state index in [-0.39, 0.29) is 0 Å². The first-order valence-electron chi connectivity index (χ1n) is 5.51. The van der Waals surface area contributed by atoms with E-state index in [9.17, 15) is 0 Å². The van der Waals surface area contributed by atoms with Gasteiger partial charge < -0.3 is 10.1 Å². The van der Waals surface area contributed by atoms with E-state index in [0.29, 0.717) is 22.4 Å². The van der Waals surface area contributed by atoms with Gasteiger partial charge in [-0.25, -0.2) is 4.98 Å². The van der Waals surface area contributed by atoms with E-state index in [2.05, 4.69) is 26.2 Å². The maximum absolute atomic E-state index is 6.10. The van der Waals surface area contributed by atoms with Crippen molar-refractivity contribution in [3.05, 3.63) is 50.5 Å². The Morgan fingerprint density at radius 3 is 2.84 bits per heavy atom. The van der Waals surface area contributed by atoms with Crippen molar-refractivity contribution in [3.63, 3.8) is 0 Å². The molecule has 3 nitrogen and oxygen atoms in total. The van der Waals surface area contributed by atoms with Crippen molar-refractivity contribution < 1.29 is 4.74 Å². The van der Waals surface area contributed by atoms with Crippen molar-refractivity contribution in [2.45, 2.75) is 6.61 Å². The molecule has 0 atom stereocenters. The summed E-state index contributed by atoms with van der Waals surface area (Å²) in [6, 6.07) is 7.19. The Labute approximate surface area is 130 Å². The minimum absolute atomic E-state index is 0.363. The number of halogens is 3. The minimum atomic E-state index is 0.363. The Hall–Kier alpha value is -0.970. The molecule has 0 saturated carbocycles. The van der Waals surface area contributed by atoms with Crippen molar-refractivity contribution in [3.8, 4) is 5.75 Å². The zero-order chi connectivity index (χ0) is 13.8. The fourth-order valence-corrected chi connectivity index (χ4v) is 2.40. The van der Waals surface area contributed by atoms with Gasteiger partial charge in [0.05, 0.1) is 10.0 Å². The topological polar surface area (TPSA) is 34.2 Å². The third-order valence-corrected chi connectivity index (χ3v) is 3.98. The van der Waals surface area contributed by atoms with Crippen LogP contribution < -0.4 is 10.1 Å². The number of ether oxygens (including phenoxy) is 1. The Morgan fingerprint density at radius 2 is 2.11 bits per heavy atom. The number of anilines is 1. The zero-order valence-corrected chi connectivity index (χ0v) is 13.2. The molecule has 1 aromatic heterocycles. The highest BCUT2D eigenvalue weighted by atomic mass is 79.9. The summed E-state index contributed by atoms with van der Waals surface area (Å²) < 4.78 is 6.42. The second-order valence-electron chi connectivity index (χ2n) is 3.75. The molecule has 0 bridgehead atoms. The summed E-state index contributed by atoms with van der Waals surface area (Å²) in [6.45, 7) is 0.363. The van der Waals surface area contributed by atoms with Gasteiger partial charge >= 0.3 is 0 Å². The van der Waals surface area contributed by atoms with E-state index >= 15 is 0 Å². The molecule has 0 aliphatic rings. The smallest absolute Gasteiger partial charge is 0.139 e. The SMILES string of the molecule is CNc1ncccc1COc1cc(Cl)c(Br)cc1Cl. The number of hydrogen-bond acceptors (Lipinski definition) is 3. The van der Waals surface area contributed by atoms with Crippen LogP contribution in [0.4, 0.5) is 5.82 Å². The Kier molecular flexibility index (Phi) is 4.91. The largest absolute Gasteiger partial charge is 0.487 e. The molecular weight excluding hydrogens is 351 g/mol. The number of nitrogens with one attached hydrogen (secondary N) is 1. The summed E-state index contributed by atoms with van der Waals surface area (Å²) in [5.74, 6) is 1.32. The molecule has 0 saturated heterocycles. The van der Waals surface area contributed by atoms with Gasteiger partial charge in [0.25, 0.3) is 0 Å². The Bertz CT molecular complexity index is 593. The maximum atomic E-state index is 6.10. The lowest BCUT2D eigenvalue weighted by atomic mass is 10.2. The molecule has 0 aliphatic heterocycles. The van der Waals surface area contributed by atoms with Gasteiger partial charge in [-0.1, -0.05) is 29.3 Å². The molecule has 1 N–H and O–H groups in total. The number of nitrogens with zero attached hydrogens (tertiary/aromatic N) is 1. The molecule has 2 aromatic rings. The number of rotatable bonds is 4. The van der Waals surface area contributed by atoms with E-state index in [0.717, 1.165) is 15.9 Å². The molecule has 2 rings (SSSR count). The Balaban J connectivity index is 2.17. The highest BCUT2D eigenvalue weighted by Crippen LogP contribution is 2.34. The van der Waals surface area contributed by atoms with Crippen LogP contribution >= 0.6 is 39.1 Å². The molecule has 0 aliphatic carbocycles. The average molecular weight is 362 g/mol. The lowest BCUT2D eigenvalue weighted by Gasteiger charge is -2.11. The summed E-state index contributed by atoms with van der Waals surface area (Å²) in [4.78, 5) is 4.21. The van der Waals surface area contributed by atoms with Crippen LogP contribution in [0.2, 0.25) is 10.0 Å². The zero-order valence-electron chi connectivity index (χ0n) is 10.1. The van der Waals surface area contributed by atoms with Crippen LogP contribution in [-0.2, 0) is 6.61 Å². The van der Waals surface area contributed by atoms with Gasteiger partial charge in [0.15, 0.2) is 0 Å². The van der Waals surface area contributed by atoms with Gasteiger partial charge in [-0.2, -0.15) is 0 Å². The van der Waals surface area contributed by atoms with Gasteiger partial charge in [0.1, 0.15) is 18.2 Å². The van der Waals surface area contributed by atoms with Crippen LogP contribution in [0.25, 0.3) is 0 Å². The third kappa shape index (κ3) is 3.53. The van der Waals surface area contributed by atoms with Crippen LogP contribution in [-0.4, -0.2) is 12.0 Å². The van der Waals surface area contributed by atoms with Gasteiger partial charge in [-0.05, 0) is 28.1 Å². The van der Waals surface area contributed by atoms with Crippen molar-refractivity contribution in [1.29, 1.82) is 0 Å². The van der Waals surface area contributed by atoms with Gasteiger partial charge in [-0.3, -0.25) is 0 Å². The summed E-state index contributed by atoms with van der Waals surface area (Å²) in [7, 11) is 1.81. The molecule has 0 unspecified atom stereocenters. The van der Waals surface area contributed by atoms with Crippen LogP contribution in [0, 0.1) is 0 Å². The number of benzene rings is 1. The summed E-state index contributed by atoms with van der Waals surface area (Å²) in [5.41, 5.74) is 0.945. The van der Waals surface area contributed by atoms with E-state index in [4.69, 9.17) is 27.9 Å². The summed E-state index contributed by atoms with van der Waals surface area (Å²) in [5, 5.41) is 4.07. The van der Waals surface area contributed by atoms with Crippen LogP contribution in [0.1, 0.15) is 5.56 Å². The lowest BCUT2D eigenvalue weighted by molar-refractivity contribution is 0.306. The second-order valence-corrected chi connectivity index (χ2v) is 5.42. The Morgan fingerprint density at radius 1 is 1.32 bits per heavy atom. The van der Waals surface area contributed by atoms with Crippen LogP contribution in [0.5, 0.6) is 5.75 Å². The maximum Gasteiger partial charge on any atom is 0.139 e. The molecule has 0 amide bonds. The van der Waals surface area contributed by atoms with Crippen molar-refractivity contribution in [2.75, 3.05) is 12.4 Å². The fourth-order valence-electron chi connectivity index (χ4n) is 1.55. The molecule has 6 heteroatoms. The van der Waals surface area contributed by atoms with E-state index < -0.39 is 0 Å². The molecule has 100 valence electrons. The predicted octanol–water partition coefficient (Wildman–Crippen LogP) is 4.77. The van der Waals surface area contributed by atoms with Crippen molar-refractivity contribution >= 4 is 44.9 Å². The molecular formula is C13H11BrCl2N2O. The quantitative estimate of drug-likeness (QED) is 0.796. The van der Waals surface area contributed by atoms with Gasteiger partial charge in [0, 0.05) is 29.3 Å². The normalized spacial score (nSPS) is 10.3. The highest BCUT2D eigenvalue weighted by Gasteiger charge is 2.08. The molecule has 0 fully saturated rings. The molecule has 19 heavy (non-hydrogen) atoms. The van der Waals surface area contributed by atoms with E-state index in [1.54, 1.807) is 18.3 Å². The number of pyridine rings is 1. The molecule has 0 spiro atoms. The first-order valence-corrected chi connectivity index (χ1v) is 7.05. The summed E-state index contributed by atoms with van der Waals surface area (Å²) in [6.07, 6.45) is 1.72. The molecule has 0 radical (unpaired) electrons. The average Bonchev–Trinajstić information content (AvgIpc) is 2.41. The summed E-state index contributed by atoms with van der Waals surface area (Å²) >= 11 is 15.4. The van der Waals surface area contributed by atoms with Crippen molar-refractivity contribution in [1.82, 2.24) is 4.98 Å². The van der Waals surface area contributed by atoms with Crippen LogP contribution in [0.3, 0.4) is 0 Å². The standard InChI is InChI=1S/C13H11BrCl2N2O/c1-17-13-8(3-2-4-18-13)7-19-12-6-10(15)9(14)5-11(12)16/h2-6H,7H2,1H3,(H,17,18). The third-order valence-electron chi connectivity index (χ3n) is 2.49. The van der Waals surface area contributed by atoms with E-state index in [1.807, 2.05) is 19.2 Å². The number of aromatic nitrogens is 1. The van der Waals surface area contributed by atoms with Crippen molar-refractivity contribution in [2.24, 2.45) is 0 Å². The first-order chi connectivity index (χ1) is 9.11. The number of hydrogen-bond donors (Lipinski definition) is 1. The van der Waals surface area contributed by atoms with Crippen LogP contribution in [0.15, 0.2) is 34.9 Å². The highest BCUT2D eigenvalue weighted by molar-refractivity contribution is 9.10. The molecule has 1 heterocycles.